The van der Waals surface area contributed by atoms with Gasteiger partial charge < -0.3 is 5.11 Å². The zero-order valence-corrected chi connectivity index (χ0v) is 15.4. The standard InChI is InChI=1S/C20H40O2/c1-4-5-15-18(2)16-13-11-9-7-6-8-10-12-14-17-19(3)20(21)22/h18-19H,4-17H2,1-3H3,(H,21,22). The lowest BCUT2D eigenvalue weighted by Crippen LogP contribution is -2.08. The molecule has 2 heteroatoms. The Bertz CT molecular complexity index is 250. The van der Waals surface area contributed by atoms with Gasteiger partial charge in [-0.2, -0.15) is 0 Å². The highest BCUT2D eigenvalue weighted by Crippen LogP contribution is 2.17. The van der Waals surface area contributed by atoms with Crippen molar-refractivity contribution in [3.8, 4) is 0 Å². The molecule has 0 spiro atoms. The predicted molar refractivity (Wildman–Crippen MR) is 96.3 cm³/mol. The first-order chi connectivity index (χ1) is 10.6. The molecule has 2 atom stereocenters. The van der Waals surface area contributed by atoms with Gasteiger partial charge in [-0.25, -0.2) is 0 Å². The highest BCUT2D eigenvalue weighted by atomic mass is 16.4. The minimum atomic E-state index is -0.649. The summed E-state index contributed by atoms with van der Waals surface area (Å²) in [4.78, 5) is 10.7. The van der Waals surface area contributed by atoms with Crippen molar-refractivity contribution in [2.75, 3.05) is 0 Å². The molecule has 0 aliphatic heterocycles. The molecule has 0 aromatic rings. The number of unbranched alkanes of at least 4 members (excludes halogenated alkanes) is 9. The minimum absolute atomic E-state index is 0.167. The summed E-state index contributed by atoms with van der Waals surface area (Å²) in [5.41, 5.74) is 0. The maximum atomic E-state index is 10.7. The van der Waals surface area contributed by atoms with Gasteiger partial charge in [-0.1, -0.05) is 104 Å². The maximum Gasteiger partial charge on any atom is 0.306 e. The van der Waals surface area contributed by atoms with Gasteiger partial charge >= 0.3 is 5.97 Å². The molecule has 0 saturated heterocycles. The quantitative estimate of drug-likeness (QED) is 0.317. The Morgan fingerprint density at radius 1 is 0.727 bits per heavy atom. The topological polar surface area (TPSA) is 37.3 Å². The molecule has 0 aliphatic rings. The van der Waals surface area contributed by atoms with Crippen molar-refractivity contribution in [3.63, 3.8) is 0 Å². The first kappa shape index (κ1) is 21.5. The Kier molecular flexibility index (Phi) is 15.0. The van der Waals surface area contributed by atoms with E-state index in [1.54, 1.807) is 0 Å². The summed E-state index contributed by atoms with van der Waals surface area (Å²) >= 11 is 0. The van der Waals surface area contributed by atoms with Crippen molar-refractivity contribution in [3.05, 3.63) is 0 Å². The molecule has 2 unspecified atom stereocenters. The van der Waals surface area contributed by atoms with E-state index in [4.69, 9.17) is 5.11 Å². The molecule has 0 aliphatic carbocycles. The van der Waals surface area contributed by atoms with Crippen LogP contribution >= 0.6 is 0 Å². The zero-order valence-electron chi connectivity index (χ0n) is 15.4. The summed E-state index contributed by atoms with van der Waals surface area (Å²) < 4.78 is 0. The van der Waals surface area contributed by atoms with E-state index >= 15 is 0 Å². The summed E-state index contributed by atoms with van der Waals surface area (Å²) in [5, 5.41) is 8.80. The molecule has 0 aromatic heterocycles. The summed E-state index contributed by atoms with van der Waals surface area (Å²) in [6, 6.07) is 0. The molecule has 132 valence electrons. The molecule has 0 heterocycles. The lowest BCUT2D eigenvalue weighted by molar-refractivity contribution is -0.141. The van der Waals surface area contributed by atoms with E-state index in [0.717, 1.165) is 18.8 Å². The van der Waals surface area contributed by atoms with Crippen LogP contribution in [0.3, 0.4) is 0 Å². The van der Waals surface area contributed by atoms with Crippen LogP contribution < -0.4 is 0 Å². The molecule has 0 saturated carbocycles. The van der Waals surface area contributed by atoms with Gasteiger partial charge in [-0.05, 0) is 12.3 Å². The number of carboxylic acid groups (broad SMARTS) is 1. The average Bonchev–Trinajstić information content (AvgIpc) is 2.50. The number of aliphatic carboxylic acids is 1. The number of carboxylic acids is 1. The zero-order chi connectivity index (χ0) is 16.6. The second kappa shape index (κ2) is 15.4. The number of hydrogen-bond donors (Lipinski definition) is 1. The van der Waals surface area contributed by atoms with E-state index in [-0.39, 0.29) is 5.92 Å². The van der Waals surface area contributed by atoms with Gasteiger partial charge in [0.25, 0.3) is 0 Å². The van der Waals surface area contributed by atoms with E-state index < -0.39 is 5.97 Å². The molecule has 0 aromatic carbocycles. The first-order valence-electron chi connectivity index (χ1n) is 9.80. The van der Waals surface area contributed by atoms with Crippen LogP contribution in [-0.4, -0.2) is 11.1 Å². The minimum Gasteiger partial charge on any atom is -0.481 e. The van der Waals surface area contributed by atoms with E-state index in [9.17, 15) is 4.79 Å². The van der Waals surface area contributed by atoms with Crippen molar-refractivity contribution >= 4 is 5.97 Å². The molecule has 22 heavy (non-hydrogen) atoms. The normalized spacial score (nSPS) is 14.0. The third-order valence-corrected chi connectivity index (χ3v) is 4.81. The third-order valence-electron chi connectivity index (χ3n) is 4.81. The maximum absolute atomic E-state index is 10.7. The van der Waals surface area contributed by atoms with Crippen LogP contribution in [0.5, 0.6) is 0 Å². The van der Waals surface area contributed by atoms with Gasteiger partial charge in [0.05, 0.1) is 5.92 Å². The monoisotopic (exact) mass is 312 g/mol. The Hall–Kier alpha value is -0.530. The number of rotatable bonds is 16. The highest BCUT2D eigenvalue weighted by Gasteiger charge is 2.09. The Labute approximate surface area is 139 Å². The summed E-state index contributed by atoms with van der Waals surface area (Å²) in [7, 11) is 0. The lowest BCUT2D eigenvalue weighted by atomic mass is 9.97. The molecule has 1 N–H and O–H groups in total. The predicted octanol–water partition coefficient (Wildman–Crippen LogP) is 6.82. The van der Waals surface area contributed by atoms with Crippen LogP contribution in [0.4, 0.5) is 0 Å². The van der Waals surface area contributed by atoms with Crippen molar-refractivity contribution in [2.45, 2.75) is 111 Å². The fourth-order valence-electron chi connectivity index (χ4n) is 3.00. The molecule has 0 bridgehead atoms. The van der Waals surface area contributed by atoms with Crippen LogP contribution in [0.15, 0.2) is 0 Å². The molecule has 0 amide bonds. The van der Waals surface area contributed by atoms with Crippen LogP contribution in [0.25, 0.3) is 0 Å². The smallest absolute Gasteiger partial charge is 0.306 e. The first-order valence-corrected chi connectivity index (χ1v) is 9.80. The SMILES string of the molecule is CCCCC(C)CCCCCCCCCCCC(C)C(=O)O. The Morgan fingerprint density at radius 3 is 1.59 bits per heavy atom. The van der Waals surface area contributed by atoms with Gasteiger partial charge in [0.2, 0.25) is 0 Å². The third kappa shape index (κ3) is 14.4. The Morgan fingerprint density at radius 2 is 1.14 bits per heavy atom. The number of carbonyl (C=O) groups is 1. The molecule has 2 nitrogen and oxygen atoms in total. The van der Waals surface area contributed by atoms with Crippen molar-refractivity contribution in [1.82, 2.24) is 0 Å². The highest BCUT2D eigenvalue weighted by molar-refractivity contribution is 5.69. The van der Waals surface area contributed by atoms with Gasteiger partial charge in [0, 0.05) is 0 Å². The number of hydrogen-bond acceptors (Lipinski definition) is 1. The average molecular weight is 313 g/mol. The van der Waals surface area contributed by atoms with E-state index in [2.05, 4.69) is 13.8 Å². The van der Waals surface area contributed by atoms with Gasteiger partial charge in [-0.3, -0.25) is 4.79 Å². The molecule has 0 rings (SSSR count). The van der Waals surface area contributed by atoms with Gasteiger partial charge in [0.1, 0.15) is 0 Å². The van der Waals surface area contributed by atoms with E-state index in [1.807, 2.05) is 6.92 Å². The van der Waals surface area contributed by atoms with Gasteiger partial charge in [-0.15, -0.1) is 0 Å². The van der Waals surface area contributed by atoms with Crippen LogP contribution in [0, 0.1) is 11.8 Å². The second-order valence-electron chi connectivity index (χ2n) is 7.25. The Balaban J connectivity index is 3.16. The van der Waals surface area contributed by atoms with Crippen LogP contribution in [0.2, 0.25) is 0 Å². The van der Waals surface area contributed by atoms with Crippen molar-refractivity contribution in [2.24, 2.45) is 11.8 Å². The van der Waals surface area contributed by atoms with Crippen LogP contribution in [0.1, 0.15) is 111 Å². The molecule has 0 fully saturated rings. The molecule has 0 radical (unpaired) electrons. The second-order valence-corrected chi connectivity index (χ2v) is 7.25. The van der Waals surface area contributed by atoms with Crippen LogP contribution in [-0.2, 0) is 4.79 Å². The summed E-state index contributed by atoms with van der Waals surface area (Å²) in [6.07, 6.45) is 18.2. The lowest BCUT2D eigenvalue weighted by Gasteiger charge is -2.10. The largest absolute Gasteiger partial charge is 0.481 e. The van der Waals surface area contributed by atoms with Gasteiger partial charge in [0.15, 0.2) is 0 Å². The molecular weight excluding hydrogens is 272 g/mol. The van der Waals surface area contributed by atoms with Crippen molar-refractivity contribution in [1.29, 1.82) is 0 Å². The molecular formula is C20H40O2. The summed E-state index contributed by atoms with van der Waals surface area (Å²) in [6.45, 7) is 6.49. The fraction of sp³-hybridized carbons (Fsp3) is 0.950. The fourth-order valence-corrected chi connectivity index (χ4v) is 3.00. The van der Waals surface area contributed by atoms with E-state index in [1.165, 1.54) is 77.0 Å². The van der Waals surface area contributed by atoms with Crippen molar-refractivity contribution < 1.29 is 9.90 Å². The summed E-state index contributed by atoms with van der Waals surface area (Å²) in [5.74, 6) is 0.108. The van der Waals surface area contributed by atoms with E-state index in [0.29, 0.717) is 0 Å².